The molecule has 19 heavy (non-hydrogen) atoms. The first-order valence-electron chi connectivity index (χ1n) is 5.93. The lowest BCUT2D eigenvalue weighted by Crippen LogP contribution is -2.02. The first-order chi connectivity index (χ1) is 9.15. The van der Waals surface area contributed by atoms with Gasteiger partial charge < -0.3 is 9.55 Å². The van der Waals surface area contributed by atoms with E-state index in [4.69, 9.17) is 12.2 Å². The third kappa shape index (κ3) is 2.35. The van der Waals surface area contributed by atoms with E-state index in [-0.39, 0.29) is 0 Å². The maximum atomic E-state index is 5.41. The zero-order valence-corrected chi connectivity index (χ0v) is 12.8. The van der Waals surface area contributed by atoms with Crippen LogP contribution in [0.2, 0.25) is 0 Å². The summed E-state index contributed by atoms with van der Waals surface area (Å²) in [4.78, 5) is 7.42. The second kappa shape index (κ2) is 4.90. The van der Waals surface area contributed by atoms with Crippen molar-refractivity contribution in [2.75, 3.05) is 0 Å². The summed E-state index contributed by atoms with van der Waals surface area (Å²) in [5, 5.41) is 0. The molecule has 0 unspecified atom stereocenters. The summed E-state index contributed by atoms with van der Waals surface area (Å²) >= 11 is 8.88. The number of rotatable bonds is 2. The van der Waals surface area contributed by atoms with Crippen molar-refractivity contribution in [3.8, 4) is 0 Å². The second-order valence-corrected chi connectivity index (χ2v) is 5.78. The minimum atomic E-state index is 0.733. The van der Waals surface area contributed by atoms with Crippen LogP contribution in [0.25, 0.3) is 11.0 Å². The fourth-order valence-electron chi connectivity index (χ4n) is 2.13. The standard InChI is InChI=1S/C14H12BrN3S/c1-9-4-5-16-7-10(9)8-18-13-3-2-11(15)6-12(13)17-14(18)19/h2-7H,8H2,1H3,(H,17,19). The number of nitrogens with one attached hydrogen (secondary N) is 1. The minimum Gasteiger partial charge on any atom is -0.331 e. The number of halogens is 1. The van der Waals surface area contributed by atoms with Crippen molar-refractivity contribution >= 4 is 39.2 Å². The molecule has 3 aromatic rings. The van der Waals surface area contributed by atoms with Gasteiger partial charge in [-0.3, -0.25) is 4.98 Å². The Hall–Kier alpha value is -1.46. The number of H-pyrrole nitrogens is 1. The predicted molar refractivity (Wildman–Crippen MR) is 82.9 cm³/mol. The van der Waals surface area contributed by atoms with Crippen LogP contribution >= 0.6 is 28.1 Å². The van der Waals surface area contributed by atoms with Crippen LogP contribution in [-0.4, -0.2) is 14.5 Å². The van der Waals surface area contributed by atoms with Crippen molar-refractivity contribution in [3.05, 3.63) is 57.0 Å². The first-order valence-corrected chi connectivity index (χ1v) is 7.13. The smallest absolute Gasteiger partial charge is 0.178 e. The zero-order chi connectivity index (χ0) is 13.4. The number of fused-ring (bicyclic) bond motifs is 1. The van der Waals surface area contributed by atoms with Crippen molar-refractivity contribution in [2.24, 2.45) is 0 Å². The molecule has 1 aromatic carbocycles. The monoisotopic (exact) mass is 333 g/mol. The van der Waals surface area contributed by atoms with Gasteiger partial charge in [-0.2, -0.15) is 0 Å². The molecule has 3 nitrogen and oxygen atoms in total. The SMILES string of the molecule is Cc1ccncc1Cn1c(=S)[nH]c2cc(Br)ccc21. The van der Waals surface area contributed by atoms with Gasteiger partial charge in [-0.25, -0.2) is 0 Å². The van der Waals surface area contributed by atoms with Crippen LogP contribution < -0.4 is 0 Å². The van der Waals surface area contributed by atoms with Gasteiger partial charge in [0.15, 0.2) is 4.77 Å². The van der Waals surface area contributed by atoms with Crippen molar-refractivity contribution < 1.29 is 0 Å². The van der Waals surface area contributed by atoms with Crippen LogP contribution in [0.3, 0.4) is 0 Å². The number of aromatic amines is 1. The molecule has 0 radical (unpaired) electrons. The number of imidazole rings is 1. The van der Waals surface area contributed by atoms with E-state index in [9.17, 15) is 0 Å². The first kappa shape index (κ1) is 12.6. The van der Waals surface area contributed by atoms with Crippen LogP contribution in [0.4, 0.5) is 0 Å². The summed E-state index contributed by atoms with van der Waals surface area (Å²) in [5.74, 6) is 0. The van der Waals surface area contributed by atoms with Crippen molar-refractivity contribution in [1.82, 2.24) is 14.5 Å². The van der Waals surface area contributed by atoms with E-state index >= 15 is 0 Å². The molecule has 96 valence electrons. The van der Waals surface area contributed by atoms with Crippen molar-refractivity contribution in [1.29, 1.82) is 0 Å². The fourth-order valence-corrected chi connectivity index (χ4v) is 2.76. The van der Waals surface area contributed by atoms with Crippen molar-refractivity contribution in [3.63, 3.8) is 0 Å². The van der Waals surface area contributed by atoms with Gasteiger partial charge in [0.25, 0.3) is 0 Å². The molecule has 0 atom stereocenters. The highest BCUT2D eigenvalue weighted by Gasteiger charge is 2.07. The summed E-state index contributed by atoms with van der Waals surface area (Å²) in [6.45, 7) is 2.83. The van der Waals surface area contributed by atoms with Gasteiger partial charge in [0.05, 0.1) is 17.6 Å². The molecule has 0 bridgehead atoms. The van der Waals surface area contributed by atoms with Crippen LogP contribution in [0.5, 0.6) is 0 Å². The zero-order valence-electron chi connectivity index (χ0n) is 10.4. The quantitative estimate of drug-likeness (QED) is 0.712. The van der Waals surface area contributed by atoms with Gasteiger partial charge in [-0.1, -0.05) is 15.9 Å². The van der Waals surface area contributed by atoms with E-state index in [2.05, 4.69) is 43.5 Å². The van der Waals surface area contributed by atoms with Crippen LogP contribution in [-0.2, 0) is 6.54 Å². The molecule has 0 aliphatic heterocycles. The lowest BCUT2D eigenvalue weighted by Gasteiger charge is -2.07. The Labute approximate surface area is 124 Å². The van der Waals surface area contributed by atoms with Crippen LogP contribution in [0.1, 0.15) is 11.1 Å². The minimum absolute atomic E-state index is 0.733. The number of aromatic nitrogens is 3. The molecular weight excluding hydrogens is 322 g/mol. The van der Waals surface area contributed by atoms with Gasteiger partial charge in [0, 0.05) is 16.9 Å². The molecule has 0 fully saturated rings. The molecule has 2 aromatic heterocycles. The molecule has 0 aliphatic rings. The molecule has 5 heteroatoms. The lowest BCUT2D eigenvalue weighted by atomic mass is 10.1. The van der Waals surface area contributed by atoms with E-state index in [0.717, 1.165) is 26.8 Å². The Kier molecular flexibility index (Phi) is 3.24. The van der Waals surface area contributed by atoms with Crippen LogP contribution in [0.15, 0.2) is 41.1 Å². The van der Waals surface area contributed by atoms with Gasteiger partial charge >= 0.3 is 0 Å². The largest absolute Gasteiger partial charge is 0.331 e. The maximum absolute atomic E-state index is 5.41. The maximum Gasteiger partial charge on any atom is 0.178 e. The molecule has 1 N–H and O–H groups in total. The summed E-state index contributed by atoms with van der Waals surface area (Å²) in [7, 11) is 0. The normalized spacial score (nSPS) is 11.1. The predicted octanol–water partition coefficient (Wildman–Crippen LogP) is 4.21. The second-order valence-electron chi connectivity index (χ2n) is 4.48. The lowest BCUT2D eigenvalue weighted by molar-refractivity contribution is 0.800. The number of hydrogen-bond donors (Lipinski definition) is 1. The highest BCUT2D eigenvalue weighted by molar-refractivity contribution is 9.10. The van der Waals surface area contributed by atoms with E-state index in [1.807, 2.05) is 30.6 Å². The Bertz CT molecular complexity index is 804. The van der Waals surface area contributed by atoms with Gasteiger partial charge in [-0.05, 0) is 54.5 Å². The summed E-state index contributed by atoms with van der Waals surface area (Å²) in [6, 6.07) is 8.15. The average molecular weight is 334 g/mol. The summed E-state index contributed by atoms with van der Waals surface area (Å²) in [6.07, 6.45) is 3.71. The highest BCUT2D eigenvalue weighted by Crippen LogP contribution is 2.21. The molecule has 3 rings (SSSR count). The Morgan fingerprint density at radius 1 is 1.37 bits per heavy atom. The molecule has 0 saturated heterocycles. The molecule has 0 aliphatic carbocycles. The molecule has 0 saturated carbocycles. The van der Waals surface area contributed by atoms with Crippen LogP contribution in [0, 0.1) is 11.7 Å². The topological polar surface area (TPSA) is 33.6 Å². The van der Waals surface area contributed by atoms with E-state index in [0.29, 0.717) is 0 Å². The number of pyridine rings is 1. The number of aryl methyl sites for hydroxylation is 1. The Balaban J connectivity index is 2.13. The molecule has 0 amide bonds. The molecule has 2 heterocycles. The number of benzene rings is 1. The third-order valence-corrected chi connectivity index (χ3v) is 4.03. The van der Waals surface area contributed by atoms with Gasteiger partial charge in [0.2, 0.25) is 0 Å². The molecule has 0 spiro atoms. The Morgan fingerprint density at radius 3 is 3.00 bits per heavy atom. The van der Waals surface area contributed by atoms with Crippen molar-refractivity contribution in [2.45, 2.75) is 13.5 Å². The van der Waals surface area contributed by atoms with E-state index < -0.39 is 0 Å². The van der Waals surface area contributed by atoms with Gasteiger partial charge in [0.1, 0.15) is 0 Å². The average Bonchev–Trinajstić information content (AvgIpc) is 2.68. The van der Waals surface area contributed by atoms with E-state index in [1.165, 1.54) is 11.1 Å². The Morgan fingerprint density at radius 2 is 2.21 bits per heavy atom. The summed E-state index contributed by atoms with van der Waals surface area (Å²) < 4.78 is 3.87. The number of nitrogens with zero attached hydrogens (tertiary/aromatic N) is 2. The number of hydrogen-bond acceptors (Lipinski definition) is 2. The summed E-state index contributed by atoms with van der Waals surface area (Å²) in [5.41, 5.74) is 4.56. The van der Waals surface area contributed by atoms with E-state index in [1.54, 1.807) is 0 Å². The fraction of sp³-hybridized carbons (Fsp3) is 0.143. The van der Waals surface area contributed by atoms with Gasteiger partial charge in [-0.15, -0.1) is 0 Å². The highest BCUT2D eigenvalue weighted by atomic mass is 79.9. The molecular formula is C14H12BrN3S. The third-order valence-electron chi connectivity index (χ3n) is 3.21.